The van der Waals surface area contributed by atoms with Crippen LogP contribution in [0.2, 0.25) is 0 Å². The van der Waals surface area contributed by atoms with Crippen LogP contribution in [-0.2, 0) is 14.3 Å². The van der Waals surface area contributed by atoms with Crippen LogP contribution < -0.4 is 19.8 Å². The predicted octanol–water partition coefficient (Wildman–Crippen LogP) is 2.14. The van der Waals surface area contributed by atoms with Crippen molar-refractivity contribution < 1.29 is 14.3 Å². The van der Waals surface area contributed by atoms with Gasteiger partial charge in [0.1, 0.15) is 4.53 Å². The molecule has 5 rings (SSSR count). The number of esters is 1. The third kappa shape index (κ3) is 3.09. The van der Waals surface area contributed by atoms with Crippen molar-refractivity contribution >= 4 is 34.5 Å². The molecule has 2 aromatic carbocycles. The lowest BCUT2D eigenvalue weighted by molar-refractivity contribution is -0.136. The first-order valence-corrected chi connectivity index (χ1v) is 11.4. The van der Waals surface area contributed by atoms with E-state index in [1.165, 1.54) is 23.0 Å². The highest BCUT2D eigenvalue weighted by Gasteiger charge is 2.36. The molecule has 0 spiro atoms. The second kappa shape index (κ2) is 7.97. The summed E-state index contributed by atoms with van der Waals surface area (Å²) < 4.78 is 6.86. The SMILES string of the molecule is CCN1C(=O)C(=c2sc3n(c2=O)C(c2ccccc2)C(C(=O)OC)=C(C)N=3)c2ccccc21. The number of hydrogen-bond donors (Lipinski definition) is 0. The van der Waals surface area contributed by atoms with Crippen molar-refractivity contribution in [2.75, 3.05) is 18.6 Å². The van der Waals surface area contributed by atoms with Crippen LogP contribution in [0.15, 0.2) is 75.7 Å². The smallest absolute Gasteiger partial charge is 0.338 e. The summed E-state index contributed by atoms with van der Waals surface area (Å²) in [7, 11) is 1.31. The number of thiazole rings is 1. The van der Waals surface area contributed by atoms with Crippen molar-refractivity contribution in [2.45, 2.75) is 19.9 Å². The molecule has 0 saturated carbocycles. The third-order valence-electron chi connectivity index (χ3n) is 5.98. The average Bonchev–Trinajstić information content (AvgIpc) is 3.30. The zero-order valence-corrected chi connectivity index (χ0v) is 19.2. The van der Waals surface area contributed by atoms with E-state index in [-0.39, 0.29) is 11.5 Å². The monoisotopic (exact) mass is 459 g/mol. The van der Waals surface area contributed by atoms with E-state index >= 15 is 0 Å². The van der Waals surface area contributed by atoms with Gasteiger partial charge in [-0.3, -0.25) is 14.2 Å². The average molecular weight is 460 g/mol. The second-order valence-corrected chi connectivity index (χ2v) is 8.72. The minimum absolute atomic E-state index is 0.205. The minimum atomic E-state index is -0.696. The number of ether oxygens (including phenoxy) is 1. The number of hydrogen-bond acceptors (Lipinski definition) is 6. The first-order valence-electron chi connectivity index (χ1n) is 10.6. The highest BCUT2D eigenvalue weighted by Crippen LogP contribution is 2.35. The van der Waals surface area contributed by atoms with Crippen molar-refractivity contribution in [1.82, 2.24) is 4.57 Å². The van der Waals surface area contributed by atoms with Gasteiger partial charge in [0.2, 0.25) is 0 Å². The summed E-state index contributed by atoms with van der Waals surface area (Å²) in [4.78, 5) is 46.6. The summed E-state index contributed by atoms with van der Waals surface area (Å²) in [6.07, 6.45) is 0. The number of fused-ring (bicyclic) bond motifs is 2. The van der Waals surface area contributed by atoms with Gasteiger partial charge in [-0.1, -0.05) is 59.9 Å². The molecule has 7 nitrogen and oxygen atoms in total. The number of allylic oxidation sites excluding steroid dienone is 1. The largest absolute Gasteiger partial charge is 0.466 e. The molecule has 0 saturated heterocycles. The zero-order valence-electron chi connectivity index (χ0n) is 18.4. The number of anilines is 1. The lowest BCUT2D eigenvalue weighted by atomic mass is 9.96. The maximum absolute atomic E-state index is 13.8. The van der Waals surface area contributed by atoms with E-state index in [2.05, 4.69) is 4.99 Å². The van der Waals surface area contributed by atoms with Crippen LogP contribution in [0.1, 0.15) is 31.0 Å². The standard InChI is InChI=1S/C25H21N3O4S/c1-4-27-17-13-9-8-12-16(17)19(22(27)29)21-23(30)28-20(15-10-6-5-7-11-15)18(24(31)32-3)14(2)26-25(28)33-21/h5-13,20H,4H2,1-3H3. The molecular formula is C25H21N3O4S. The van der Waals surface area contributed by atoms with Gasteiger partial charge in [-0.05, 0) is 25.5 Å². The van der Waals surface area contributed by atoms with E-state index in [9.17, 15) is 14.4 Å². The molecule has 33 heavy (non-hydrogen) atoms. The van der Waals surface area contributed by atoms with Gasteiger partial charge in [-0.15, -0.1) is 0 Å². The minimum Gasteiger partial charge on any atom is -0.466 e. The van der Waals surface area contributed by atoms with Crippen LogP contribution in [-0.4, -0.2) is 30.1 Å². The second-order valence-electron chi connectivity index (χ2n) is 7.75. The summed E-state index contributed by atoms with van der Waals surface area (Å²) >= 11 is 1.18. The summed E-state index contributed by atoms with van der Waals surface area (Å²) in [5.41, 5.74) is 3.11. The van der Waals surface area contributed by atoms with E-state index in [0.29, 0.717) is 32.7 Å². The van der Waals surface area contributed by atoms with Crippen LogP contribution in [0.25, 0.3) is 5.57 Å². The van der Waals surface area contributed by atoms with E-state index < -0.39 is 12.0 Å². The van der Waals surface area contributed by atoms with Gasteiger partial charge in [0.05, 0.1) is 35.7 Å². The Labute approximate surface area is 193 Å². The molecule has 0 aliphatic carbocycles. The predicted molar refractivity (Wildman–Crippen MR) is 126 cm³/mol. The maximum Gasteiger partial charge on any atom is 0.338 e. The number of aromatic nitrogens is 1. The molecular weight excluding hydrogens is 438 g/mol. The van der Waals surface area contributed by atoms with Gasteiger partial charge in [0.25, 0.3) is 11.5 Å². The molecule has 0 radical (unpaired) electrons. The Bertz CT molecular complexity index is 1510. The number of para-hydroxylation sites is 1. The van der Waals surface area contributed by atoms with E-state index in [1.54, 1.807) is 11.8 Å². The molecule has 0 bridgehead atoms. The van der Waals surface area contributed by atoms with Crippen molar-refractivity contribution in [1.29, 1.82) is 0 Å². The topological polar surface area (TPSA) is 81.0 Å². The van der Waals surface area contributed by atoms with Crippen LogP contribution >= 0.6 is 11.3 Å². The zero-order chi connectivity index (χ0) is 23.3. The van der Waals surface area contributed by atoms with Gasteiger partial charge < -0.3 is 9.64 Å². The van der Waals surface area contributed by atoms with E-state index in [4.69, 9.17) is 4.74 Å². The van der Waals surface area contributed by atoms with Crippen LogP contribution in [0.3, 0.4) is 0 Å². The van der Waals surface area contributed by atoms with Crippen molar-refractivity contribution in [3.05, 3.63) is 96.7 Å². The highest BCUT2D eigenvalue weighted by molar-refractivity contribution is 7.07. The molecule has 166 valence electrons. The normalized spacial score (nSPS) is 18.7. The summed E-state index contributed by atoms with van der Waals surface area (Å²) in [6.45, 7) is 4.13. The Hall–Kier alpha value is -3.78. The summed E-state index contributed by atoms with van der Waals surface area (Å²) in [5, 5.41) is 0. The Kier molecular flexibility index (Phi) is 5.09. The molecule has 1 amide bonds. The summed E-state index contributed by atoms with van der Waals surface area (Å²) in [6, 6.07) is 16.1. The number of nitrogens with zero attached hydrogens (tertiary/aromatic N) is 3. The number of carbonyl (C=O) groups excluding carboxylic acids is 2. The third-order valence-corrected chi connectivity index (χ3v) is 7.04. The Morgan fingerprint density at radius 3 is 2.48 bits per heavy atom. The van der Waals surface area contributed by atoms with Gasteiger partial charge in [-0.25, -0.2) is 9.79 Å². The quantitative estimate of drug-likeness (QED) is 0.562. The molecule has 2 aliphatic heterocycles. The first kappa shape index (κ1) is 21.1. The molecule has 1 atom stereocenters. The fraction of sp³-hybridized carbons (Fsp3) is 0.200. The van der Waals surface area contributed by atoms with Gasteiger partial charge >= 0.3 is 5.97 Å². The van der Waals surface area contributed by atoms with Gasteiger partial charge in [0.15, 0.2) is 4.80 Å². The molecule has 0 fully saturated rings. The fourth-order valence-corrected chi connectivity index (χ4v) is 5.64. The molecule has 0 N–H and O–H groups in total. The van der Waals surface area contributed by atoms with E-state index in [0.717, 1.165) is 16.8 Å². The number of amides is 1. The lowest BCUT2D eigenvalue weighted by Gasteiger charge is -2.24. The van der Waals surface area contributed by atoms with Crippen LogP contribution in [0.4, 0.5) is 5.69 Å². The van der Waals surface area contributed by atoms with Crippen LogP contribution in [0.5, 0.6) is 0 Å². The number of benzene rings is 2. The maximum atomic E-state index is 13.8. The first-order chi connectivity index (χ1) is 16.0. The molecule has 1 unspecified atom stereocenters. The number of methoxy groups -OCH3 is 1. The lowest BCUT2D eigenvalue weighted by Crippen LogP contribution is -2.40. The molecule has 8 heteroatoms. The fourth-order valence-electron chi connectivity index (χ4n) is 4.51. The molecule has 3 heterocycles. The highest BCUT2D eigenvalue weighted by atomic mass is 32.1. The van der Waals surface area contributed by atoms with Crippen molar-refractivity contribution in [3.8, 4) is 0 Å². The van der Waals surface area contributed by atoms with Crippen LogP contribution in [0, 0.1) is 0 Å². The molecule has 3 aromatic rings. The number of rotatable bonds is 3. The van der Waals surface area contributed by atoms with Gasteiger partial charge in [0, 0.05) is 12.1 Å². The Balaban J connectivity index is 1.85. The van der Waals surface area contributed by atoms with Crippen molar-refractivity contribution in [3.63, 3.8) is 0 Å². The number of carbonyl (C=O) groups is 2. The summed E-state index contributed by atoms with van der Waals surface area (Å²) in [5.74, 6) is -0.744. The van der Waals surface area contributed by atoms with E-state index in [1.807, 2.05) is 61.5 Å². The number of likely N-dealkylation sites (N-methyl/N-ethyl adjacent to an activating group) is 1. The Morgan fingerprint density at radius 2 is 1.79 bits per heavy atom. The Morgan fingerprint density at radius 1 is 1.09 bits per heavy atom. The van der Waals surface area contributed by atoms with Crippen molar-refractivity contribution in [2.24, 2.45) is 4.99 Å². The van der Waals surface area contributed by atoms with Gasteiger partial charge in [-0.2, -0.15) is 0 Å². The molecule has 1 aromatic heterocycles. The molecule has 2 aliphatic rings.